The summed E-state index contributed by atoms with van der Waals surface area (Å²) in [7, 11) is 0. The number of halogens is 1. The summed E-state index contributed by atoms with van der Waals surface area (Å²) in [4.78, 5) is 4.26. The molecule has 6 heteroatoms. The van der Waals surface area contributed by atoms with Crippen LogP contribution in [0, 0.1) is 12.7 Å². The van der Waals surface area contributed by atoms with E-state index in [2.05, 4.69) is 10.1 Å². The number of rotatable bonds is 4. The van der Waals surface area contributed by atoms with Gasteiger partial charge < -0.3 is 9.94 Å². The number of hydrogen-bond donors (Lipinski definition) is 1. The molecule has 0 aliphatic heterocycles. The van der Waals surface area contributed by atoms with E-state index in [0.717, 1.165) is 10.7 Å². The van der Waals surface area contributed by atoms with Crippen molar-refractivity contribution >= 4 is 17.0 Å². The number of ether oxygens (including phenoxy) is 1. The summed E-state index contributed by atoms with van der Waals surface area (Å²) in [5, 5.41) is 14.6. The predicted molar refractivity (Wildman–Crippen MR) is 71.6 cm³/mol. The van der Waals surface area contributed by atoms with Crippen LogP contribution in [-0.4, -0.2) is 15.9 Å². The van der Waals surface area contributed by atoms with Gasteiger partial charge in [0.15, 0.2) is 0 Å². The average Bonchev–Trinajstić information content (AvgIpc) is 2.81. The minimum atomic E-state index is -0.403. The van der Waals surface area contributed by atoms with Gasteiger partial charge in [0.1, 0.15) is 23.2 Å². The van der Waals surface area contributed by atoms with Gasteiger partial charge in [-0.05, 0) is 26.0 Å². The molecule has 2 aromatic rings. The average molecular weight is 280 g/mol. The highest BCUT2D eigenvalue weighted by Crippen LogP contribution is 2.22. The number of benzene rings is 1. The Morgan fingerprint density at radius 3 is 2.95 bits per heavy atom. The number of nitrogens with zero attached hydrogens (tertiary/aromatic N) is 2. The van der Waals surface area contributed by atoms with Crippen LogP contribution >= 0.6 is 11.3 Å². The lowest BCUT2D eigenvalue weighted by atomic mass is 10.1. The maximum absolute atomic E-state index is 13.2. The van der Waals surface area contributed by atoms with Crippen LogP contribution in [0.4, 0.5) is 4.39 Å². The van der Waals surface area contributed by atoms with Crippen molar-refractivity contribution in [2.45, 2.75) is 20.5 Å². The molecular weight excluding hydrogens is 267 g/mol. The van der Waals surface area contributed by atoms with E-state index in [1.54, 1.807) is 6.92 Å². The van der Waals surface area contributed by atoms with Crippen LogP contribution in [0.15, 0.2) is 28.7 Å². The monoisotopic (exact) mass is 280 g/mol. The quantitative estimate of drug-likeness (QED) is 0.530. The van der Waals surface area contributed by atoms with E-state index in [1.165, 1.54) is 29.5 Å². The summed E-state index contributed by atoms with van der Waals surface area (Å²) in [6.07, 6.45) is 0. The van der Waals surface area contributed by atoms with Gasteiger partial charge in [0.2, 0.25) is 0 Å². The third kappa shape index (κ3) is 3.29. The molecule has 0 radical (unpaired) electrons. The van der Waals surface area contributed by atoms with Gasteiger partial charge in [0, 0.05) is 22.7 Å². The molecule has 0 saturated carbocycles. The number of hydrogen-bond acceptors (Lipinski definition) is 5. The van der Waals surface area contributed by atoms with Crippen LogP contribution in [0.3, 0.4) is 0 Å². The molecular formula is C13H13FN2O2S. The van der Waals surface area contributed by atoms with E-state index in [9.17, 15) is 4.39 Å². The molecule has 2 rings (SSSR count). The van der Waals surface area contributed by atoms with Crippen LogP contribution < -0.4 is 4.74 Å². The molecule has 0 spiro atoms. The number of aromatic nitrogens is 1. The largest absolute Gasteiger partial charge is 0.486 e. The predicted octanol–water partition coefficient (Wildman–Crippen LogP) is 3.37. The Labute approximate surface area is 114 Å². The van der Waals surface area contributed by atoms with E-state index >= 15 is 0 Å². The second-order valence-electron chi connectivity index (χ2n) is 4.00. The molecule has 4 nitrogen and oxygen atoms in total. The highest BCUT2D eigenvalue weighted by atomic mass is 32.1. The molecule has 1 N–H and O–H groups in total. The topological polar surface area (TPSA) is 54.7 Å². The fourth-order valence-corrected chi connectivity index (χ4v) is 2.26. The van der Waals surface area contributed by atoms with E-state index < -0.39 is 5.82 Å². The Morgan fingerprint density at radius 1 is 1.53 bits per heavy atom. The summed E-state index contributed by atoms with van der Waals surface area (Å²) in [6.45, 7) is 3.78. The summed E-state index contributed by atoms with van der Waals surface area (Å²) in [6, 6.07) is 4.09. The van der Waals surface area contributed by atoms with Gasteiger partial charge in [-0.1, -0.05) is 5.16 Å². The van der Waals surface area contributed by atoms with E-state index in [4.69, 9.17) is 9.94 Å². The molecule has 0 unspecified atom stereocenters. The lowest BCUT2D eigenvalue weighted by Gasteiger charge is -2.09. The molecule has 1 aromatic heterocycles. The standard InChI is InChI=1S/C13H13FN2O2S/c1-8-7-19-13(15-8)6-18-12-5-10(14)3-4-11(12)9(2)16-17/h3-5,7,17H,6H2,1-2H3. The molecule has 100 valence electrons. The number of oxime groups is 1. The molecule has 0 aliphatic carbocycles. The maximum atomic E-state index is 13.2. The van der Waals surface area contributed by atoms with Gasteiger partial charge in [-0.3, -0.25) is 0 Å². The van der Waals surface area contributed by atoms with Gasteiger partial charge in [-0.15, -0.1) is 11.3 Å². The second kappa shape index (κ2) is 5.79. The van der Waals surface area contributed by atoms with Gasteiger partial charge in [-0.2, -0.15) is 0 Å². The van der Waals surface area contributed by atoms with Gasteiger partial charge in [-0.25, -0.2) is 9.37 Å². The van der Waals surface area contributed by atoms with Crippen LogP contribution in [0.5, 0.6) is 5.75 Å². The van der Waals surface area contributed by atoms with E-state index in [1.807, 2.05) is 12.3 Å². The van der Waals surface area contributed by atoms with Gasteiger partial charge >= 0.3 is 0 Å². The van der Waals surface area contributed by atoms with Crippen molar-refractivity contribution < 1.29 is 14.3 Å². The SMILES string of the molecule is CC(=NO)c1ccc(F)cc1OCc1nc(C)cs1. The van der Waals surface area contributed by atoms with Crippen LogP contribution in [0.1, 0.15) is 23.2 Å². The summed E-state index contributed by atoms with van der Waals surface area (Å²) in [5.41, 5.74) is 1.85. The smallest absolute Gasteiger partial charge is 0.140 e. The van der Waals surface area contributed by atoms with Crippen molar-refractivity contribution in [3.63, 3.8) is 0 Å². The number of thiazole rings is 1. The molecule has 1 heterocycles. The summed E-state index contributed by atoms with van der Waals surface area (Å²) < 4.78 is 18.8. The van der Waals surface area contributed by atoms with Crippen LogP contribution in [0.2, 0.25) is 0 Å². The van der Waals surface area contributed by atoms with Crippen LogP contribution in [-0.2, 0) is 6.61 Å². The van der Waals surface area contributed by atoms with Crippen molar-refractivity contribution in [2.75, 3.05) is 0 Å². The third-order valence-electron chi connectivity index (χ3n) is 2.50. The molecule has 0 fully saturated rings. The Kier molecular flexibility index (Phi) is 4.11. The van der Waals surface area contributed by atoms with E-state index in [0.29, 0.717) is 17.0 Å². The maximum Gasteiger partial charge on any atom is 0.140 e. The lowest BCUT2D eigenvalue weighted by Crippen LogP contribution is -2.03. The summed E-state index contributed by atoms with van der Waals surface area (Å²) in [5.74, 6) is -0.0667. The van der Waals surface area contributed by atoms with Crippen molar-refractivity contribution in [1.82, 2.24) is 4.98 Å². The van der Waals surface area contributed by atoms with E-state index in [-0.39, 0.29) is 6.61 Å². The fraction of sp³-hybridized carbons (Fsp3) is 0.231. The number of aryl methyl sites for hydroxylation is 1. The molecule has 0 amide bonds. The normalized spacial score (nSPS) is 11.6. The fourth-order valence-electron chi connectivity index (χ4n) is 1.58. The zero-order chi connectivity index (χ0) is 13.8. The first kappa shape index (κ1) is 13.5. The first-order valence-corrected chi connectivity index (χ1v) is 6.50. The Balaban J connectivity index is 2.21. The minimum absolute atomic E-state index is 0.258. The molecule has 0 saturated heterocycles. The minimum Gasteiger partial charge on any atom is -0.486 e. The van der Waals surface area contributed by atoms with Crippen molar-refractivity contribution in [3.05, 3.63) is 45.7 Å². The van der Waals surface area contributed by atoms with Gasteiger partial charge in [0.25, 0.3) is 0 Å². The molecule has 1 aromatic carbocycles. The first-order chi connectivity index (χ1) is 9.10. The molecule has 0 bridgehead atoms. The van der Waals surface area contributed by atoms with Gasteiger partial charge in [0.05, 0.1) is 5.71 Å². The Bertz CT molecular complexity index is 610. The zero-order valence-corrected chi connectivity index (χ0v) is 11.4. The Morgan fingerprint density at radius 2 is 2.32 bits per heavy atom. The van der Waals surface area contributed by atoms with Crippen molar-refractivity contribution in [3.8, 4) is 5.75 Å². The van der Waals surface area contributed by atoms with Crippen LogP contribution in [0.25, 0.3) is 0 Å². The Hall–Kier alpha value is -1.95. The van der Waals surface area contributed by atoms with Crippen molar-refractivity contribution in [1.29, 1.82) is 0 Å². The highest BCUT2D eigenvalue weighted by Gasteiger charge is 2.10. The van der Waals surface area contributed by atoms with Crippen molar-refractivity contribution in [2.24, 2.45) is 5.16 Å². The summed E-state index contributed by atoms with van der Waals surface area (Å²) >= 11 is 1.48. The first-order valence-electron chi connectivity index (χ1n) is 5.62. The second-order valence-corrected chi connectivity index (χ2v) is 4.94. The highest BCUT2D eigenvalue weighted by molar-refractivity contribution is 7.09. The zero-order valence-electron chi connectivity index (χ0n) is 10.6. The third-order valence-corrected chi connectivity index (χ3v) is 3.44. The molecule has 0 atom stereocenters. The lowest BCUT2D eigenvalue weighted by molar-refractivity contribution is 0.301. The molecule has 0 aliphatic rings. The molecule has 19 heavy (non-hydrogen) atoms.